The zero-order chi connectivity index (χ0) is 20.2. The van der Waals surface area contributed by atoms with Gasteiger partial charge in [-0.15, -0.1) is 0 Å². The summed E-state index contributed by atoms with van der Waals surface area (Å²) < 4.78 is 0. The highest BCUT2D eigenvalue weighted by Crippen LogP contribution is 2.29. The third kappa shape index (κ3) is 4.82. The van der Waals surface area contributed by atoms with E-state index in [0.29, 0.717) is 11.9 Å². The molecule has 0 unspecified atom stereocenters. The molecule has 2 N–H and O–H groups in total. The number of nitrogens with one attached hydrogen (secondary N) is 2. The molecule has 2 heterocycles. The number of carbonyl (C=O) groups excluding carboxylic acids is 2. The Balaban J connectivity index is 1.40. The highest BCUT2D eigenvalue weighted by atomic mass is 16.2. The first-order valence-corrected chi connectivity index (χ1v) is 10.4. The minimum atomic E-state index is -0.293. The highest BCUT2D eigenvalue weighted by Gasteiger charge is 2.35. The first-order chi connectivity index (χ1) is 14.1. The number of hydrogen-bond donors (Lipinski definition) is 2. The van der Waals surface area contributed by atoms with Gasteiger partial charge in [-0.3, -0.25) is 14.5 Å². The lowest BCUT2D eigenvalue weighted by molar-refractivity contribution is -0.128. The summed E-state index contributed by atoms with van der Waals surface area (Å²) in [6.07, 6.45) is 5.30. The van der Waals surface area contributed by atoms with Crippen molar-refractivity contribution in [2.24, 2.45) is 5.92 Å². The standard InChI is InChI=1S/C23H28N4O2/c1-16-6-5-13-24-21(16)26-22(28)18-11-14-27(15-12-18)20(17-7-3-2-4-8-17)23(29)25-19-9-10-19/h2-8,13,18-20H,9-12,14-15H2,1H3,(H,25,29)(H,24,26,28)/t20-/m1/s1. The van der Waals surface area contributed by atoms with Crippen molar-refractivity contribution in [2.75, 3.05) is 18.4 Å². The summed E-state index contributed by atoms with van der Waals surface area (Å²) in [5.41, 5.74) is 1.97. The number of carbonyl (C=O) groups is 2. The van der Waals surface area contributed by atoms with Crippen LogP contribution in [0.3, 0.4) is 0 Å². The summed E-state index contributed by atoms with van der Waals surface area (Å²) in [4.78, 5) is 32.1. The molecule has 0 bridgehead atoms. The van der Waals surface area contributed by atoms with Crippen molar-refractivity contribution < 1.29 is 9.59 Å². The molecular weight excluding hydrogens is 364 g/mol. The van der Waals surface area contributed by atoms with Crippen LogP contribution in [0.4, 0.5) is 5.82 Å². The van der Waals surface area contributed by atoms with Crippen molar-refractivity contribution in [1.82, 2.24) is 15.2 Å². The summed E-state index contributed by atoms with van der Waals surface area (Å²) in [6, 6.07) is 13.8. The van der Waals surface area contributed by atoms with Gasteiger partial charge in [0.05, 0.1) is 0 Å². The zero-order valence-corrected chi connectivity index (χ0v) is 16.8. The number of anilines is 1. The molecule has 2 aliphatic rings. The van der Waals surface area contributed by atoms with Crippen LogP contribution in [0.1, 0.15) is 42.9 Å². The average Bonchev–Trinajstić information content (AvgIpc) is 3.55. The Morgan fingerprint density at radius 2 is 1.76 bits per heavy atom. The van der Waals surface area contributed by atoms with Crippen LogP contribution >= 0.6 is 0 Å². The summed E-state index contributed by atoms with van der Waals surface area (Å²) >= 11 is 0. The third-order valence-electron chi connectivity index (χ3n) is 5.80. The first kappa shape index (κ1) is 19.6. The van der Waals surface area contributed by atoms with Crippen molar-refractivity contribution in [3.8, 4) is 0 Å². The van der Waals surface area contributed by atoms with Crippen molar-refractivity contribution in [2.45, 2.75) is 44.7 Å². The van der Waals surface area contributed by atoms with E-state index in [4.69, 9.17) is 0 Å². The second-order valence-electron chi connectivity index (χ2n) is 8.06. The normalized spacial score (nSPS) is 18.8. The lowest BCUT2D eigenvalue weighted by Crippen LogP contribution is -2.46. The Morgan fingerprint density at radius 1 is 1.03 bits per heavy atom. The first-order valence-electron chi connectivity index (χ1n) is 10.4. The molecule has 1 saturated heterocycles. The monoisotopic (exact) mass is 392 g/mol. The van der Waals surface area contributed by atoms with Crippen LogP contribution in [0.25, 0.3) is 0 Å². The van der Waals surface area contributed by atoms with Crippen LogP contribution in [0.15, 0.2) is 48.7 Å². The molecule has 0 spiro atoms. The van der Waals surface area contributed by atoms with Gasteiger partial charge >= 0.3 is 0 Å². The second kappa shape index (κ2) is 8.74. The van der Waals surface area contributed by atoms with Gasteiger partial charge in [0.15, 0.2) is 0 Å². The third-order valence-corrected chi connectivity index (χ3v) is 5.80. The predicted molar refractivity (Wildman–Crippen MR) is 112 cm³/mol. The maximum absolute atomic E-state index is 12.9. The van der Waals surface area contributed by atoms with Crippen molar-refractivity contribution in [1.29, 1.82) is 0 Å². The van der Waals surface area contributed by atoms with Crippen LogP contribution < -0.4 is 10.6 Å². The fraction of sp³-hybridized carbons (Fsp3) is 0.435. The molecule has 2 amide bonds. The predicted octanol–water partition coefficient (Wildman–Crippen LogP) is 3.06. The number of nitrogens with zero attached hydrogens (tertiary/aromatic N) is 2. The number of aryl methyl sites for hydroxylation is 1. The largest absolute Gasteiger partial charge is 0.352 e. The maximum atomic E-state index is 12.9. The number of aromatic nitrogens is 1. The highest BCUT2D eigenvalue weighted by molar-refractivity contribution is 5.92. The fourth-order valence-corrected chi connectivity index (χ4v) is 3.93. The smallest absolute Gasteiger partial charge is 0.242 e. The van der Waals surface area contributed by atoms with Crippen LogP contribution in [-0.4, -0.2) is 40.8 Å². The lowest BCUT2D eigenvalue weighted by atomic mass is 9.93. The number of likely N-dealkylation sites (tertiary alicyclic amines) is 1. The van der Waals surface area contributed by atoms with Gasteiger partial charge < -0.3 is 10.6 Å². The van der Waals surface area contributed by atoms with E-state index >= 15 is 0 Å². The molecule has 0 radical (unpaired) electrons. The Hall–Kier alpha value is -2.73. The summed E-state index contributed by atoms with van der Waals surface area (Å²) in [5, 5.41) is 6.12. The molecule has 2 aromatic rings. The van der Waals surface area contributed by atoms with Gasteiger partial charge in [0.25, 0.3) is 0 Å². The molecule has 1 aliphatic carbocycles. The van der Waals surface area contributed by atoms with Crippen molar-refractivity contribution in [3.63, 3.8) is 0 Å². The maximum Gasteiger partial charge on any atom is 0.242 e. The molecule has 6 nitrogen and oxygen atoms in total. The molecular formula is C23H28N4O2. The van der Waals surface area contributed by atoms with Gasteiger partial charge in [-0.05, 0) is 62.9 Å². The number of benzene rings is 1. The van der Waals surface area contributed by atoms with E-state index in [-0.39, 0.29) is 23.8 Å². The minimum absolute atomic E-state index is 0.0187. The quantitative estimate of drug-likeness (QED) is 0.792. The second-order valence-corrected chi connectivity index (χ2v) is 8.06. The Bertz CT molecular complexity index is 858. The van der Waals surface area contributed by atoms with Crippen molar-refractivity contribution in [3.05, 3.63) is 59.8 Å². The molecule has 1 aromatic carbocycles. The molecule has 6 heteroatoms. The van der Waals surface area contributed by atoms with Gasteiger partial charge in [0, 0.05) is 18.2 Å². The number of amides is 2. The molecule has 1 aliphatic heterocycles. The van der Waals surface area contributed by atoms with E-state index < -0.39 is 0 Å². The minimum Gasteiger partial charge on any atom is -0.352 e. The van der Waals surface area contributed by atoms with E-state index in [1.807, 2.05) is 49.4 Å². The summed E-state index contributed by atoms with van der Waals surface area (Å²) in [5.74, 6) is 0.664. The summed E-state index contributed by atoms with van der Waals surface area (Å²) in [6.45, 7) is 3.38. The molecule has 1 saturated carbocycles. The topological polar surface area (TPSA) is 74.3 Å². The Morgan fingerprint density at radius 3 is 2.41 bits per heavy atom. The molecule has 152 valence electrons. The van der Waals surface area contributed by atoms with Crippen LogP contribution in [0.2, 0.25) is 0 Å². The van der Waals surface area contributed by atoms with Gasteiger partial charge in [-0.25, -0.2) is 4.98 Å². The number of hydrogen-bond acceptors (Lipinski definition) is 4. The van der Waals surface area contributed by atoms with Crippen LogP contribution in [-0.2, 0) is 9.59 Å². The van der Waals surface area contributed by atoms with Gasteiger partial charge in [-0.2, -0.15) is 0 Å². The van der Waals surface area contributed by atoms with E-state index in [9.17, 15) is 9.59 Å². The molecule has 1 aromatic heterocycles. The lowest BCUT2D eigenvalue weighted by Gasteiger charge is -2.36. The van der Waals surface area contributed by atoms with E-state index in [1.165, 1.54) is 0 Å². The SMILES string of the molecule is Cc1cccnc1NC(=O)C1CCN([C@@H](C(=O)NC2CC2)c2ccccc2)CC1. The molecule has 2 fully saturated rings. The summed E-state index contributed by atoms with van der Waals surface area (Å²) in [7, 11) is 0. The number of pyridine rings is 1. The van der Waals surface area contributed by atoms with Gasteiger partial charge in [-0.1, -0.05) is 36.4 Å². The Labute approximate surface area is 171 Å². The molecule has 4 rings (SSSR count). The fourth-order valence-electron chi connectivity index (χ4n) is 3.93. The number of rotatable bonds is 6. The van der Waals surface area contributed by atoms with Crippen LogP contribution in [0, 0.1) is 12.8 Å². The van der Waals surface area contributed by atoms with Gasteiger partial charge in [0.1, 0.15) is 11.9 Å². The van der Waals surface area contributed by atoms with Crippen LogP contribution in [0.5, 0.6) is 0 Å². The average molecular weight is 393 g/mol. The number of piperidine rings is 1. The van der Waals surface area contributed by atoms with E-state index in [2.05, 4.69) is 20.5 Å². The Kier molecular flexibility index (Phi) is 5.90. The molecule has 29 heavy (non-hydrogen) atoms. The van der Waals surface area contributed by atoms with Crippen molar-refractivity contribution >= 4 is 17.6 Å². The van der Waals surface area contributed by atoms with E-state index in [0.717, 1.165) is 49.9 Å². The van der Waals surface area contributed by atoms with Gasteiger partial charge in [0.2, 0.25) is 11.8 Å². The molecule has 1 atom stereocenters. The zero-order valence-electron chi connectivity index (χ0n) is 16.8. The van der Waals surface area contributed by atoms with E-state index in [1.54, 1.807) is 6.20 Å².